The van der Waals surface area contributed by atoms with Gasteiger partial charge in [0.05, 0.1) is 28.3 Å². The van der Waals surface area contributed by atoms with Gasteiger partial charge in [-0.3, -0.25) is 4.79 Å². The van der Waals surface area contributed by atoms with Crippen LogP contribution in [0.2, 0.25) is 0 Å². The summed E-state index contributed by atoms with van der Waals surface area (Å²) in [5.74, 6) is -2.66. The molecule has 0 spiro atoms. The molecule has 2 aliphatic carbocycles. The number of fused-ring (bicyclic) bond motifs is 1. The summed E-state index contributed by atoms with van der Waals surface area (Å²) in [6.07, 6.45) is -0.397. The summed E-state index contributed by atoms with van der Waals surface area (Å²) in [4.78, 5) is 26.0. The number of hydrogen-bond donors (Lipinski definition) is 3. The van der Waals surface area contributed by atoms with Gasteiger partial charge in [-0.05, 0) is 24.8 Å². The number of anilines is 2. The van der Waals surface area contributed by atoms with E-state index in [1.165, 1.54) is 4.57 Å². The maximum Gasteiger partial charge on any atom is 0.341 e. The Kier molecular flexibility index (Phi) is 4.31. The Bertz CT molecular complexity index is 1180. The molecule has 5 N–H and O–H groups in total. The van der Waals surface area contributed by atoms with E-state index in [0.717, 1.165) is 12.6 Å². The van der Waals surface area contributed by atoms with Gasteiger partial charge in [0.1, 0.15) is 17.9 Å². The zero-order chi connectivity index (χ0) is 22.4. The van der Waals surface area contributed by atoms with Crippen molar-refractivity contribution in [3.63, 3.8) is 0 Å². The van der Waals surface area contributed by atoms with Gasteiger partial charge in [-0.25, -0.2) is 18.0 Å². The van der Waals surface area contributed by atoms with E-state index in [1.807, 2.05) is 0 Å². The highest BCUT2D eigenvalue weighted by molar-refractivity contribution is 6.01. The summed E-state index contributed by atoms with van der Waals surface area (Å²) in [7, 11) is 0. The van der Waals surface area contributed by atoms with Gasteiger partial charge in [-0.2, -0.15) is 0 Å². The summed E-state index contributed by atoms with van der Waals surface area (Å²) in [6, 6.07) is -0.714. The molecule has 2 heterocycles. The molecule has 166 valence electrons. The van der Waals surface area contributed by atoms with Crippen molar-refractivity contribution in [1.29, 1.82) is 0 Å². The average molecular weight is 436 g/mol. The van der Waals surface area contributed by atoms with E-state index < -0.39 is 46.9 Å². The number of nitrogens with zero attached hydrogens (tertiary/aromatic N) is 2. The minimum atomic E-state index is -1.50. The number of aromatic carboxylic acids is 1. The fraction of sp³-hybridized carbons (Fsp3) is 0.524. The van der Waals surface area contributed by atoms with Crippen molar-refractivity contribution in [2.75, 3.05) is 23.7 Å². The number of carboxylic acids is 1. The first-order valence-corrected chi connectivity index (χ1v) is 10.3. The average Bonchev–Trinajstić information content (AvgIpc) is 3.58. The van der Waals surface area contributed by atoms with Crippen LogP contribution in [0.3, 0.4) is 0 Å². The predicted molar refractivity (Wildman–Crippen MR) is 110 cm³/mol. The molecular formula is C21H23F3N4O3. The summed E-state index contributed by atoms with van der Waals surface area (Å²) in [6.45, 7) is 1.79. The molecule has 3 aliphatic rings. The molecule has 6 atom stereocenters. The normalized spacial score (nSPS) is 32.0. The smallest absolute Gasteiger partial charge is 0.341 e. The lowest BCUT2D eigenvalue weighted by Crippen LogP contribution is -2.26. The highest BCUT2D eigenvalue weighted by Gasteiger charge is 2.49. The molecule has 7 nitrogen and oxygen atoms in total. The Morgan fingerprint density at radius 2 is 1.84 bits per heavy atom. The molecule has 0 amide bonds. The van der Waals surface area contributed by atoms with Gasteiger partial charge in [0.15, 0.2) is 5.82 Å². The molecule has 31 heavy (non-hydrogen) atoms. The molecule has 3 fully saturated rings. The molecule has 1 aromatic carbocycles. The molecule has 10 heteroatoms. The number of nitrogen functional groups attached to an aromatic ring is 1. The van der Waals surface area contributed by atoms with Crippen LogP contribution in [0, 0.1) is 24.6 Å². The van der Waals surface area contributed by atoms with Crippen LogP contribution in [0.1, 0.15) is 34.8 Å². The third-order valence-corrected chi connectivity index (χ3v) is 6.98. The van der Waals surface area contributed by atoms with E-state index in [1.54, 1.807) is 11.8 Å². The number of halogens is 3. The van der Waals surface area contributed by atoms with Gasteiger partial charge in [0.25, 0.3) is 0 Å². The number of carbonyl (C=O) groups is 1. The van der Waals surface area contributed by atoms with E-state index in [-0.39, 0.29) is 54.0 Å². The second-order valence-electron chi connectivity index (χ2n) is 8.98. The van der Waals surface area contributed by atoms with E-state index in [2.05, 4.69) is 0 Å². The third kappa shape index (κ3) is 2.91. The summed E-state index contributed by atoms with van der Waals surface area (Å²) in [5.41, 5.74) is 10.4. The zero-order valence-electron chi connectivity index (χ0n) is 16.8. The van der Waals surface area contributed by atoms with Crippen molar-refractivity contribution in [3.05, 3.63) is 33.4 Å². The van der Waals surface area contributed by atoms with Crippen LogP contribution >= 0.6 is 0 Å². The number of rotatable bonds is 4. The van der Waals surface area contributed by atoms with E-state index in [0.29, 0.717) is 5.56 Å². The maximum absolute atomic E-state index is 15.4. The van der Waals surface area contributed by atoms with Crippen LogP contribution in [-0.4, -0.2) is 47.1 Å². The van der Waals surface area contributed by atoms with Crippen LogP contribution in [0.5, 0.6) is 0 Å². The number of nitrogens with two attached hydrogens (primary N) is 2. The fourth-order valence-electron chi connectivity index (χ4n) is 5.11. The van der Waals surface area contributed by atoms with Crippen molar-refractivity contribution in [2.24, 2.45) is 17.6 Å². The molecule has 2 saturated carbocycles. The number of alkyl halides is 2. The Morgan fingerprint density at radius 3 is 2.39 bits per heavy atom. The van der Waals surface area contributed by atoms with Crippen LogP contribution in [-0.2, 0) is 0 Å². The number of benzene rings is 1. The van der Waals surface area contributed by atoms with Gasteiger partial charge in [0.2, 0.25) is 5.43 Å². The number of carboxylic acid groups (broad SMARTS) is 1. The van der Waals surface area contributed by atoms with Gasteiger partial charge in [0, 0.05) is 37.7 Å². The number of aryl methyl sites for hydroxylation is 1. The Labute approximate surface area is 175 Å². The Morgan fingerprint density at radius 1 is 1.19 bits per heavy atom. The van der Waals surface area contributed by atoms with Crippen LogP contribution in [0.15, 0.2) is 11.0 Å². The molecule has 1 aliphatic heterocycles. The number of aromatic nitrogens is 1. The topological polar surface area (TPSA) is 115 Å². The third-order valence-electron chi connectivity index (χ3n) is 6.98. The SMILES string of the molecule is Cc1c(N2C[C@@H](F)[C@@H](C3CC3N)C2)c(F)c(N)c2c(=O)c(C(=O)O)cn([C@@H]3C[C@@H]3F)c12. The lowest BCUT2D eigenvalue weighted by atomic mass is 10.0. The second kappa shape index (κ2) is 6.62. The summed E-state index contributed by atoms with van der Waals surface area (Å²) < 4.78 is 45.5. The molecule has 1 saturated heterocycles. The van der Waals surface area contributed by atoms with Crippen molar-refractivity contribution >= 4 is 28.2 Å². The zero-order valence-corrected chi connectivity index (χ0v) is 16.8. The maximum atomic E-state index is 15.4. The molecule has 2 aromatic rings. The Hall–Kier alpha value is -2.75. The van der Waals surface area contributed by atoms with E-state index in [9.17, 15) is 23.5 Å². The number of hydrogen-bond acceptors (Lipinski definition) is 5. The first-order valence-electron chi connectivity index (χ1n) is 10.3. The summed E-state index contributed by atoms with van der Waals surface area (Å²) in [5, 5.41) is 9.13. The molecular weight excluding hydrogens is 413 g/mol. The van der Waals surface area contributed by atoms with Gasteiger partial charge in [-0.1, -0.05) is 0 Å². The molecule has 0 bridgehead atoms. The quantitative estimate of drug-likeness (QED) is 0.633. The van der Waals surface area contributed by atoms with Crippen molar-refractivity contribution in [1.82, 2.24) is 4.57 Å². The lowest BCUT2D eigenvalue weighted by molar-refractivity contribution is 0.0694. The largest absolute Gasteiger partial charge is 0.477 e. The van der Waals surface area contributed by atoms with Gasteiger partial charge < -0.3 is 26.0 Å². The van der Waals surface area contributed by atoms with Crippen molar-refractivity contribution in [3.8, 4) is 0 Å². The highest BCUT2D eigenvalue weighted by Crippen LogP contribution is 2.47. The monoisotopic (exact) mass is 436 g/mol. The van der Waals surface area contributed by atoms with Gasteiger partial charge in [-0.15, -0.1) is 0 Å². The second-order valence-corrected chi connectivity index (χ2v) is 8.98. The highest BCUT2D eigenvalue weighted by atomic mass is 19.1. The molecule has 5 rings (SSSR count). The first kappa shape index (κ1) is 20.2. The van der Waals surface area contributed by atoms with Crippen molar-refractivity contribution in [2.45, 2.75) is 44.2 Å². The van der Waals surface area contributed by atoms with E-state index in [4.69, 9.17) is 11.5 Å². The molecule has 0 radical (unpaired) electrons. The minimum absolute atomic E-state index is 0.0385. The Balaban J connectivity index is 1.72. The van der Waals surface area contributed by atoms with Crippen molar-refractivity contribution < 1.29 is 23.1 Å². The predicted octanol–water partition coefficient (Wildman–Crippen LogP) is 2.13. The van der Waals surface area contributed by atoms with Crippen LogP contribution < -0.4 is 21.8 Å². The first-order chi connectivity index (χ1) is 14.6. The van der Waals surface area contributed by atoms with E-state index >= 15 is 4.39 Å². The summed E-state index contributed by atoms with van der Waals surface area (Å²) >= 11 is 0. The van der Waals surface area contributed by atoms with Gasteiger partial charge >= 0.3 is 5.97 Å². The molecule has 2 unspecified atom stereocenters. The van der Waals surface area contributed by atoms with Crippen LogP contribution in [0.25, 0.3) is 10.9 Å². The number of pyridine rings is 1. The standard InChI is InChI=1S/C21H23F3N4O3/c1-7-18-15(20(29)10(21(30)31)5-28(18)14-3-11(14)22)17(26)16(24)19(7)27-4-9(12(23)6-27)8-2-13(8)25/h5,8-9,11-14H,2-4,6,25-26H2,1H3,(H,30,31)/t8?,9-,11+,12-,13?,14-/m1/s1. The fourth-order valence-corrected chi connectivity index (χ4v) is 5.11. The lowest BCUT2D eigenvalue weighted by Gasteiger charge is -2.25. The molecule has 1 aromatic heterocycles. The van der Waals surface area contributed by atoms with Crippen LogP contribution in [0.4, 0.5) is 24.5 Å². The minimum Gasteiger partial charge on any atom is -0.477 e.